The maximum atomic E-state index is 12.7. The smallest absolute Gasteiger partial charge is 0.291 e. The Morgan fingerprint density at radius 1 is 1.11 bits per heavy atom. The molecule has 0 radical (unpaired) electrons. The molecular weight excluding hydrogens is 360 g/mol. The zero-order valence-electron chi connectivity index (χ0n) is 15.7. The van der Waals surface area contributed by atoms with E-state index in [1.54, 1.807) is 49.5 Å². The summed E-state index contributed by atoms with van der Waals surface area (Å²) in [5.74, 6) is 0.986. The molecule has 28 heavy (non-hydrogen) atoms. The van der Waals surface area contributed by atoms with Crippen molar-refractivity contribution in [2.45, 2.75) is 12.8 Å². The van der Waals surface area contributed by atoms with Gasteiger partial charge in [0.15, 0.2) is 17.1 Å². The molecule has 1 saturated heterocycles. The summed E-state index contributed by atoms with van der Waals surface area (Å²) < 4.78 is 16.3. The third-order valence-corrected chi connectivity index (χ3v) is 4.75. The lowest BCUT2D eigenvalue weighted by Crippen LogP contribution is -2.24. The summed E-state index contributed by atoms with van der Waals surface area (Å²) in [6.45, 7) is 0.635. The zero-order valence-corrected chi connectivity index (χ0v) is 15.7. The van der Waals surface area contributed by atoms with E-state index in [0.29, 0.717) is 41.4 Å². The zero-order chi connectivity index (χ0) is 19.7. The summed E-state index contributed by atoms with van der Waals surface area (Å²) >= 11 is 0. The van der Waals surface area contributed by atoms with Gasteiger partial charge in [0.1, 0.15) is 5.75 Å². The van der Waals surface area contributed by atoms with E-state index < -0.39 is 0 Å². The Morgan fingerprint density at radius 3 is 2.64 bits per heavy atom. The molecular formula is C21H20N2O5. The van der Waals surface area contributed by atoms with Crippen molar-refractivity contribution >= 4 is 34.2 Å². The number of anilines is 2. The minimum Gasteiger partial charge on any atom is -0.495 e. The van der Waals surface area contributed by atoms with Gasteiger partial charge in [0.2, 0.25) is 5.91 Å². The molecule has 1 aliphatic heterocycles. The van der Waals surface area contributed by atoms with Crippen LogP contribution >= 0.6 is 0 Å². The SMILES string of the molecule is COc1ccc(NC(=O)c2cc3cccc(OC)c3o2)cc1N1CCCC1=O. The monoisotopic (exact) mass is 380 g/mol. The highest BCUT2D eigenvalue weighted by Gasteiger charge is 2.25. The first-order valence-electron chi connectivity index (χ1n) is 8.97. The number of ether oxygens (including phenoxy) is 2. The van der Waals surface area contributed by atoms with Crippen LogP contribution in [-0.4, -0.2) is 32.6 Å². The Labute approximate surface area is 161 Å². The molecule has 2 amide bonds. The van der Waals surface area contributed by atoms with E-state index in [9.17, 15) is 9.59 Å². The van der Waals surface area contributed by atoms with E-state index in [0.717, 1.165) is 11.8 Å². The van der Waals surface area contributed by atoms with Gasteiger partial charge < -0.3 is 24.1 Å². The summed E-state index contributed by atoms with van der Waals surface area (Å²) in [5.41, 5.74) is 1.72. The number of hydrogen-bond acceptors (Lipinski definition) is 5. The van der Waals surface area contributed by atoms with E-state index in [1.807, 2.05) is 12.1 Å². The number of benzene rings is 2. The Hall–Kier alpha value is -3.48. The summed E-state index contributed by atoms with van der Waals surface area (Å²) in [6.07, 6.45) is 1.32. The number of nitrogens with one attached hydrogen (secondary N) is 1. The average Bonchev–Trinajstić information content (AvgIpc) is 3.33. The molecule has 7 heteroatoms. The molecule has 0 spiro atoms. The molecule has 1 N–H and O–H groups in total. The van der Waals surface area contributed by atoms with Crippen LogP contribution in [0.2, 0.25) is 0 Å². The largest absolute Gasteiger partial charge is 0.495 e. The van der Waals surface area contributed by atoms with Gasteiger partial charge in [0.05, 0.1) is 19.9 Å². The molecule has 7 nitrogen and oxygen atoms in total. The van der Waals surface area contributed by atoms with Gasteiger partial charge in [-0.25, -0.2) is 0 Å². The highest BCUT2D eigenvalue weighted by molar-refractivity contribution is 6.06. The quantitative estimate of drug-likeness (QED) is 0.728. The van der Waals surface area contributed by atoms with Crippen LogP contribution in [0.4, 0.5) is 11.4 Å². The number of amides is 2. The lowest BCUT2D eigenvalue weighted by Gasteiger charge is -2.20. The molecule has 0 bridgehead atoms. The second-order valence-electron chi connectivity index (χ2n) is 6.48. The molecule has 1 aliphatic rings. The molecule has 1 fully saturated rings. The van der Waals surface area contributed by atoms with E-state index in [1.165, 1.54) is 0 Å². The Bertz CT molecular complexity index is 1060. The molecule has 4 rings (SSSR count). The molecule has 2 aromatic carbocycles. The molecule has 0 aliphatic carbocycles. The highest BCUT2D eigenvalue weighted by Crippen LogP contribution is 2.34. The van der Waals surface area contributed by atoms with Crippen LogP contribution in [0.1, 0.15) is 23.4 Å². The van der Waals surface area contributed by atoms with Crippen molar-refractivity contribution in [3.63, 3.8) is 0 Å². The first-order valence-corrected chi connectivity index (χ1v) is 8.97. The number of rotatable bonds is 5. The lowest BCUT2D eigenvalue weighted by atomic mass is 10.2. The van der Waals surface area contributed by atoms with Gasteiger partial charge in [0.25, 0.3) is 5.91 Å². The molecule has 0 unspecified atom stereocenters. The van der Waals surface area contributed by atoms with E-state index in [-0.39, 0.29) is 17.6 Å². The van der Waals surface area contributed by atoms with Crippen LogP contribution in [0.5, 0.6) is 11.5 Å². The number of nitrogens with zero attached hydrogens (tertiary/aromatic N) is 1. The van der Waals surface area contributed by atoms with E-state index >= 15 is 0 Å². The standard InChI is InChI=1S/C21H20N2O5/c1-26-16-9-8-14(12-15(16)23-10-4-7-19(23)24)22-21(25)18-11-13-5-3-6-17(27-2)20(13)28-18/h3,5-6,8-9,11-12H,4,7,10H2,1-2H3,(H,22,25). The predicted molar refractivity (Wildman–Crippen MR) is 105 cm³/mol. The highest BCUT2D eigenvalue weighted by atomic mass is 16.5. The van der Waals surface area contributed by atoms with Crippen LogP contribution < -0.4 is 19.7 Å². The summed E-state index contributed by atoms with van der Waals surface area (Å²) in [7, 11) is 3.11. The summed E-state index contributed by atoms with van der Waals surface area (Å²) in [4.78, 5) is 26.5. The molecule has 0 saturated carbocycles. The normalized spacial score (nSPS) is 13.8. The summed E-state index contributed by atoms with van der Waals surface area (Å²) in [5, 5.41) is 3.60. The number of fused-ring (bicyclic) bond motifs is 1. The van der Waals surface area contributed by atoms with Gasteiger partial charge >= 0.3 is 0 Å². The second kappa shape index (κ2) is 7.26. The number of carbonyl (C=O) groups excluding carboxylic acids is 2. The maximum absolute atomic E-state index is 12.7. The molecule has 1 aromatic heterocycles. The lowest BCUT2D eigenvalue weighted by molar-refractivity contribution is -0.117. The topological polar surface area (TPSA) is 81.0 Å². The average molecular weight is 380 g/mol. The van der Waals surface area contributed by atoms with Crippen molar-refractivity contribution in [2.24, 2.45) is 0 Å². The van der Waals surface area contributed by atoms with Crippen molar-refractivity contribution in [3.05, 3.63) is 48.2 Å². The van der Waals surface area contributed by atoms with Gasteiger partial charge in [-0.2, -0.15) is 0 Å². The van der Waals surface area contributed by atoms with E-state index in [4.69, 9.17) is 13.9 Å². The minimum absolute atomic E-state index is 0.0474. The van der Waals surface area contributed by atoms with Crippen LogP contribution in [0.15, 0.2) is 46.9 Å². The molecule has 0 atom stereocenters. The van der Waals surface area contributed by atoms with Crippen molar-refractivity contribution < 1.29 is 23.5 Å². The number of methoxy groups -OCH3 is 2. The predicted octanol–water partition coefficient (Wildman–Crippen LogP) is 3.83. The Morgan fingerprint density at radius 2 is 1.93 bits per heavy atom. The van der Waals surface area contributed by atoms with Gasteiger partial charge in [0, 0.05) is 24.0 Å². The van der Waals surface area contributed by atoms with Crippen molar-refractivity contribution in [3.8, 4) is 11.5 Å². The third-order valence-electron chi connectivity index (χ3n) is 4.75. The van der Waals surface area contributed by atoms with Gasteiger partial charge in [-0.15, -0.1) is 0 Å². The number of furan rings is 1. The van der Waals surface area contributed by atoms with Crippen LogP contribution in [0, 0.1) is 0 Å². The van der Waals surface area contributed by atoms with Crippen molar-refractivity contribution in [1.29, 1.82) is 0 Å². The fourth-order valence-electron chi connectivity index (χ4n) is 3.38. The maximum Gasteiger partial charge on any atom is 0.291 e. The Balaban J connectivity index is 1.62. The van der Waals surface area contributed by atoms with Crippen LogP contribution in [-0.2, 0) is 4.79 Å². The van der Waals surface area contributed by atoms with E-state index in [2.05, 4.69) is 5.32 Å². The number of hydrogen-bond donors (Lipinski definition) is 1. The van der Waals surface area contributed by atoms with Gasteiger partial charge in [-0.3, -0.25) is 9.59 Å². The van der Waals surface area contributed by atoms with Crippen molar-refractivity contribution in [2.75, 3.05) is 31.0 Å². The first-order chi connectivity index (χ1) is 13.6. The first kappa shape index (κ1) is 17.9. The molecule has 2 heterocycles. The fraction of sp³-hybridized carbons (Fsp3) is 0.238. The Kier molecular flexibility index (Phi) is 4.65. The van der Waals surface area contributed by atoms with Crippen molar-refractivity contribution in [1.82, 2.24) is 0 Å². The number of carbonyl (C=O) groups is 2. The number of para-hydroxylation sites is 1. The van der Waals surface area contributed by atoms with Gasteiger partial charge in [-0.1, -0.05) is 12.1 Å². The second-order valence-corrected chi connectivity index (χ2v) is 6.48. The van der Waals surface area contributed by atoms with Gasteiger partial charge in [-0.05, 0) is 36.8 Å². The molecule has 144 valence electrons. The molecule has 3 aromatic rings. The third kappa shape index (κ3) is 3.15. The minimum atomic E-state index is -0.387. The summed E-state index contributed by atoms with van der Waals surface area (Å²) in [6, 6.07) is 12.3. The van der Waals surface area contributed by atoms with Crippen LogP contribution in [0.25, 0.3) is 11.0 Å². The fourth-order valence-corrected chi connectivity index (χ4v) is 3.38. The van der Waals surface area contributed by atoms with Crippen LogP contribution in [0.3, 0.4) is 0 Å².